The second-order valence-electron chi connectivity index (χ2n) is 3.07. The average Bonchev–Trinajstić information content (AvgIpc) is 2.62. The monoisotopic (exact) mass is 305 g/mol. The van der Waals surface area contributed by atoms with Crippen molar-refractivity contribution in [2.24, 2.45) is 0 Å². The highest BCUT2D eigenvalue weighted by atomic mass is 79.9. The molecule has 8 heteroatoms. The number of carboxylic acid groups (broad SMARTS) is 2. The maximum atomic E-state index is 11.6. The molecule has 1 heterocycles. The molecule has 7 nitrogen and oxygen atoms in total. The molecule has 0 aromatic carbocycles. The normalized spacial score (nSPS) is 11.8. The van der Waals surface area contributed by atoms with Crippen LogP contribution < -0.4 is 5.32 Å². The molecule has 0 saturated carbocycles. The fourth-order valence-corrected chi connectivity index (χ4v) is 1.49. The van der Waals surface area contributed by atoms with Crippen molar-refractivity contribution in [2.75, 3.05) is 0 Å². The third kappa shape index (κ3) is 3.59. The molecule has 0 aliphatic heterocycles. The Morgan fingerprint density at radius 1 is 1.41 bits per heavy atom. The van der Waals surface area contributed by atoms with Crippen LogP contribution in [0.25, 0.3) is 0 Å². The summed E-state index contributed by atoms with van der Waals surface area (Å²) in [5.74, 6) is -3.45. The zero-order chi connectivity index (χ0) is 13.0. The summed E-state index contributed by atoms with van der Waals surface area (Å²) in [6.45, 7) is 0. The highest BCUT2D eigenvalue weighted by Crippen LogP contribution is 2.17. The van der Waals surface area contributed by atoms with Crippen LogP contribution in [0.5, 0.6) is 0 Å². The number of carbonyl (C=O) groups is 3. The van der Waals surface area contributed by atoms with Crippen LogP contribution in [0.1, 0.15) is 16.8 Å². The smallest absolute Gasteiger partial charge is 0.326 e. The maximum absolute atomic E-state index is 11.6. The number of aliphatic carboxylic acids is 2. The number of rotatable bonds is 5. The van der Waals surface area contributed by atoms with Crippen LogP contribution in [-0.4, -0.2) is 34.1 Å². The van der Waals surface area contributed by atoms with E-state index in [9.17, 15) is 14.4 Å². The van der Waals surface area contributed by atoms with Crippen LogP contribution in [0.4, 0.5) is 0 Å². The van der Waals surface area contributed by atoms with Crippen molar-refractivity contribution in [3.8, 4) is 0 Å². The van der Waals surface area contributed by atoms with Crippen molar-refractivity contribution in [1.82, 2.24) is 5.32 Å². The van der Waals surface area contributed by atoms with Crippen molar-refractivity contribution in [3.05, 3.63) is 22.6 Å². The molecule has 0 bridgehead atoms. The summed E-state index contributed by atoms with van der Waals surface area (Å²) >= 11 is 2.95. The lowest BCUT2D eigenvalue weighted by Gasteiger charge is -2.11. The molecular weight excluding hydrogens is 298 g/mol. The highest BCUT2D eigenvalue weighted by Gasteiger charge is 2.24. The molecule has 0 saturated heterocycles. The summed E-state index contributed by atoms with van der Waals surface area (Å²) in [7, 11) is 0. The minimum atomic E-state index is -1.48. The van der Waals surface area contributed by atoms with E-state index >= 15 is 0 Å². The van der Waals surface area contributed by atoms with Gasteiger partial charge in [-0.3, -0.25) is 9.59 Å². The fraction of sp³-hybridized carbons (Fsp3) is 0.222. The molecule has 0 fully saturated rings. The van der Waals surface area contributed by atoms with Crippen LogP contribution in [-0.2, 0) is 9.59 Å². The summed E-state index contributed by atoms with van der Waals surface area (Å²) in [6.07, 6.45) is 0.544. The van der Waals surface area contributed by atoms with Crippen molar-refractivity contribution >= 4 is 33.8 Å². The Hall–Kier alpha value is -1.83. The first-order valence-corrected chi connectivity index (χ1v) is 5.19. The van der Waals surface area contributed by atoms with E-state index < -0.39 is 30.3 Å². The molecule has 0 spiro atoms. The Bertz CT molecular complexity index is 454. The van der Waals surface area contributed by atoms with Crippen LogP contribution in [0.3, 0.4) is 0 Å². The summed E-state index contributed by atoms with van der Waals surface area (Å²) in [6, 6.07) is -0.152. The molecule has 1 amide bonds. The van der Waals surface area contributed by atoms with Crippen molar-refractivity contribution in [2.45, 2.75) is 12.5 Å². The number of halogens is 1. The third-order valence-corrected chi connectivity index (χ3v) is 2.46. The van der Waals surface area contributed by atoms with Crippen molar-refractivity contribution in [3.63, 3.8) is 0 Å². The van der Waals surface area contributed by atoms with Gasteiger partial charge in [-0.15, -0.1) is 0 Å². The van der Waals surface area contributed by atoms with Gasteiger partial charge in [-0.2, -0.15) is 0 Å². The molecule has 1 rings (SSSR count). The van der Waals surface area contributed by atoms with E-state index in [2.05, 4.69) is 21.2 Å². The van der Waals surface area contributed by atoms with E-state index in [0.29, 0.717) is 0 Å². The van der Waals surface area contributed by atoms with Gasteiger partial charge in [0, 0.05) is 0 Å². The molecule has 0 aliphatic carbocycles. The molecule has 1 aromatic heterocycles. The minimum absolute atomic E-state index is 0.0987. The van der Waals surface area contributed by atoms with Crippen LogP contribution in [0.2, 0.25) is 0 Å². The number of furan rings is 1. The first-order chi connectivity index (χ1) is 7.91. The van der Waals surface area contributed by atoms with Gasteiger partial charge in [-0.05, 0) is 22.0 Å². The lowest BCUT2D eigenvalue weighted by molar-refractivity contribution is -0.145. The van der Waals surface area contributed by atoms with Gasteiger partial charge in [0.25, 0.3) is 5.91 Å². The highest BCUT2D eigenvalue weighted by molar-refractivity contribution is 9.10. The Balaban J connectivity index is 2.74. The van der Waals surface area contributed by atoms with Crippen LogP contribution in [0, 0.1) is 0 Å². The lowest BCUT2D eigenvalue weighted by atomic mass is 10.2. The Labute approximate surface area is 104 Å². The number of hydrogen-bond donors (Lipinski definition) is 3. The SMILES string of the molecule is O=C(O)C[C@H](NC(=O)c1ccoc1Br)C(=O)O. The van der Waals surface area contributed by atoms with E-state index in [1.165, 1.54) is 12.3 Å². The molecule has 3 N–H and O–H groups in total. The molecule has 0 unspecified atom stereocenters. The molecule has 0 aliphatic rings. The Kier molecular flexibility index (Phi) is 4.27. The summed E-state index contributed by atoms with van der Waals surface area (Å²) in [5.41, 5.74) is 0.0987. The third-order valence-electron chi connectivity index (χ3n) is 1.84. The summed E-state index contributed by atoms with van der Waals surface area (Å²) in [5, 5.41) is 19.3. The van der Waals surface area contributed by atoms with Gasteiger partial charge < -0.3 is 19.9 Å². The second kappa shape index (κ2) is 5.48. The zero-order valence-electron chi connectivity index (χ0n) is 8.34. The predicted octanol–water partition coefficient (Wildman–Crippen LogP) is 0.700. The van der Waals surface area contributed by atoms with Gasteiger partial charge in [0.15, 0.2) is 4.67 Å². The van der Waals surface area contributed by atoms with Crippen LogP contribution >= 0.6 is 15.9 Å². The van der Waals surface area contributed by atoms with E-state index in [1.54, 1.807) is 0 Å². The second-order valence-corrected chi connectivity index (χ2v) is 3.79. The van der Waals surface area contributed by atoms with Gasteiger partial charge in [-0.25, -0.2) is 4.79 Å². The predicted molar refractivity (Wildman–Crippen MR) is 57.6 cm³/mol. The van der Waals surface area contributed by atoms with E-state index in [-0.39, 0.29) is 10.2 Å². The van der Waals surface area contributed by atoms with Gasteiger partial charge in [0.05, 0.1) is 18.2 Å². The number of carbonyl (C=O) groups excluding carboxylic acids is 1. The summed E-state index contributed by atoms with van der Waals surface area (Å²) in [4.78, 5) is 32.7. The van der Waals surface area contributed by atoms with Gasteiger partial charge in [0.2, 0.25) is 0 Å². The largest absolute Gasteiger partial charge is 0.481 e. The molecular formula is C9H8BrNO6. The van der Waals surface area contributed by atoms with E-state index in [0.717, 1.165) is 0 Å². The average molecular weight is 306 g/mol. The molecule has 17 heavy (non-hydrogen) atoms. The quantitative estimate of drug-likeness (QED) is 0.737. The topological polar surface area (TPSA) is 117 Å². The zero-order valence-corrected chi connectivity index (χ0v) is 9.93. The molecule has 1 aromatic rings. The number of nitrogens with one attached hydrogen (secondary N) is 1. The molecule has 92 valence electrons. The first kappa shape index (κ1) is 13.2. The first-order valence-electron chi connectivity index (χ1n) is 4.40. The van der Waals surface area contributed by atoms with Crippen LogP contribution in [0.15, 0.2) is 21.4 Å². The standard InChI is InChI=1S/C9H8BrNO6/c10-7-4(1-2-17-7)8(14)11-5(9(15)16)3-6(12)13/h1-2,5H,3H2,(H,11,14)(H,12,13)(H,15,16)/t5-/m0/s1. The number of amides is 1. The number of carboxylic acids is 2. The molecule has 0 radical (unpaired) electrons. The van der Waals surface area contributed by atoms with E-state index in [1.807, 2.05) is 0 Å². The van der Waals surface area contributed by atoms with Gasteiger partial charge in [0.1, 0.15) is 6.04 Å². The van der Waals surface area contributed by atoms with Crippen molar-refractivity contribution in [1.29, 1.82) is 0 Å². The minimum Gasteiger partial charge on any atom is -0.481 e. The van der Waals surface area contributed by atoms with E-state index in [4.69, 9.17) is 14.6 Å². The molecule has 1 atom stereocenters. The lowest BCUT2D eigenvalue weighted by Crippen LogP contribution is -2.42. The van der Waals surface area contributed by atoms with Gasteiger partial charge in [-0.1, -0.05) is 0 Å². The Morgan fingerprint density at radius 3 is 2.47 bits per heavy atom. The summed E-state index contributed by atoms with van der Waals surface area (Å²) < 4.78 is 4.95. The maximum Gasteiger partial charge on any atom is 0.326 e. The Morgan fingerprint density at radius 2 is 2.06 bits per heavy atom. The number of hydrogen-bond acceptors (Lipinski definition) is 4. The van der Waals surface area contributed by atoms with Gasteiger partial charge >= 0.3 is 11.9 Å². The van der Waals surface area contributed by atoms with Crippen molar-refractivity contribution < 1.29 is 29.0 Å². The fourth-order valence-electron chi connectivity index (χ4n) is 1.07.